The van der Waals surface area contributed by atoms with Gasteiger partial charge in [0.05, 0.1) is 0 Å². The Kier molecular flexibility index (Phi) is 3.14. The molecule has 2 heterocycles. The molecule has 0 aliphatic heterocycles. The fourth-order valence-electron chi connectivity index (χ4n) is 1.46. The van der Waals surface area contributed by atoms with Crippen molar-refractivity contribution in [2.24, 2.45) is 0 Å². The second-order valence-electron chi connectivity index (χ2n) is 3.69. The van der Waals surface area contributed by atoms with Gasteiger partial charge in [0.25, 0.3) is 0 Å². The van der Waals surface area contributed by atoms with Crippen LogP contribution >= 0.6 is 0 Å². The summed E-state index contributed by atoms with van der Waals surface area (Å²) in [5.41, 5.74) is 3.24. The fourth-order valence-corrected chi connectivity index (χ4v) is 1.46. The van der Waals surface area contributed by atoms with Crippen molar-refractivity contribution in [3.05, 3.63) is 35.5 Å². The Labute approximate surface area is 94.3 Å². The van der Waals surface area contributed by atoms with E-state index < -0.39 is 0 Å². The number of nitrogens with zero attached hydrogens (tertiary/aromatic N) is 3. The zero-order valence-corrected chi connectivity index (χ0v) is 9.49. The highest BCUT2D eigenvalue weighted by atomic mass is 15.1. The largest absolute Gasteiger partial charge is 0.369 e. The van der Waals surface area contributed by atoms with E-state index in [-0.39, 0.29) is 0 Å². The van der Waals surface area contributed by atoms with Crippen LogP contribution in [-0.2, 0) is 6.42 Å². The molecule has 2 rings (SSSR count). The first-order valence-electron chi connectivity index (χ1n) is 5.27. The lowest BCUT2D eigenvalue weighted by Crippen LogP contribution is -2.09. The van der Waals surface area contributed by atoms with Gasteiger partial charge in [0, 0.05) is 36.1 Å². The molecule has 0 atom stereocenters. The molecule has 0 saturated carbocycles. The Morgan fingerprint density at radius 2 is 2.19 bits per heavy atom. The summed E-state index contributed by atoms with van der Waals surface area (Å²) in [7, 11) is 0. The van der Waals surface area contributed by atoms with Crippen molar-refractivity contribution < 1.29 is 0 Å². The zero-order valence-electron chi connectivity index (χ0n) is 9.49. The zero-order chi connectivity index (χ0) is 11.4. The minimum Gasteiger partial charge on any atom is -0.369 e. The number of aromatic nitrogens is 4. The van der Waals surface area contributed by atoms with E-state index >= 15 is 0 Å². The molecule has 2 aromatic heterocycles. The fraction of sp³-hybridized carbons (Fsp3) is 0.364. The predicted molar refractivity (Wildman–Crippen MR) is 62.3 cm³/mol. The minimum absolute atomic E-state index is 0.833. The molecule has 0 unspecified atom stereocenters. The highest BCUT2D eigenvalue weighted by Gasteiger charge is 2.02. The van der Waals surface area contributed by atoms with Crippen LogP contribution in [0, 0.1) is 13.8 Å². The molecule has 2 aromatic rings. The Hall–Kier alpha value is -1.91. The van der Waals surface area contributed by atoms with E-state index in [4.69, 9.17) is 0 Å². The van der Waals surface area contributed by atoms with Crippen LogP contribution in [0.3, 0.4) is 0 Å². The van der Waals surface area contributed by atoms with Crippen molar-refractivity contribution in [2.45, 2.75) is 20.3 Å². The Bertz CT molecular complexity index is 449. The maximum atomic E-state index is 4.21. The van der Waals surface area contributed by atoms with Crippen molar-refractivity contribution in [1.82, 2.24) is 20.2 Å². The molecule has 0 bridgehead atoms. The van der Waals surface area contributed by atoms with Gasteiger partial charge in [-0.1, -0.05) is 0 Å². The van der Waals surface area contributed by atoms with Gasteiger partial charge in [-0.15, -0.1) is 0 Å². The second-order valence-corrected chi connectivity index (χ2v) is 3.69. The summed E-state index contributed by atoms with van der Waals surface area (Å²) in [5, 5.41) is 10.1. The van der Waals surface area contributed by atoms with E-state index in [2.05, 4.69) is 25.5 Å². The summed E-state index contributed by atoms with van der Waals surface area (Å²) in [6.07, 6.45) is 4.25. The lowest BCUT2D eigenvalue weighted by molar-refractivity contribution is 0.918. The molecule has 0 aliphatic carbocycles. The number of nitrogens with one attached hydrogen (secondary N) is 2. The number of aromatic amines is 1. The number of hydrogen-bond acceptors (Lipinski definition) is 4. The standard InChI is InChI=1S/C11H15N5/c1-8-9(2)13-7-14-11(8)12-5-3-10-4-6-15-16-10/h4,6-7H,3,5H2,1-2H3,(H,15,16)(H,12,13,14). The first-order chi connectivity index (χ1) is 7.77. The number of aryl methyl sites for hydroxylation is 1. The monoisotopic (exact) mass is 217 g/mol. The smallest absolute Gasteiger partial charge is 0.132 e. The third kappa shape index (κ3) is 2.36. The summed E-state index contributed by atoms with van der Waals surface area (Å²) in [4.78, 5) is 8.34. The molecule has 16 heavy (non-hydrogen) atoms. The van der Waals surface area contributed by atoms with Gasteiger partial charge in [-0.05, 0) is 19.9 Å². The lowest BCUT2D eigenvalue weighted by Gasteiger charge is -2.08. The van der Waals surface area contributed by atoms with Crippen LogP contribution in [0.15, 0.2) is 18.6 Å². The quantitative estimate of drug-likeness (QED) is 0.814. The molecule has 0 saturated heterocycles. The summed E-state index contributed by atoms with van der Waals surface area (Å²) >= 11 is 0. The summed E-state index contributed by atoms with van der Waals surface area (Å²) in [5.74, 6) is 0.909. The van der Waals surface area contributed by atoms with Crippen molar-refractivity contribution >= 4 is 5.82 Å². The summed E-state index contributed by atoms with van der Waals surface area (Å²) < 4.78 is 0. The highest BCUT2D eigenvalue weighted by molar-refractivity contribution is 5.44. The van der Waals surface area contributed by atoms with E-state index in [1.165, 1.54) is 0 Å². The molecule has 0 radical (unpaired) electrons. The SMILES string of the molecule is Cc1ncnc(NCCc2ccn[nH]2)c1C. The second kappa shape index (κ2) is 4.74. The van der Waals surface area contributed by atoms with Gasteiger partial charge in [-0.2, -0.15) is 5.10 Å². The van der Waals surface area contributed by atoms with E-state index in [1.54, 1.807) is 12.5 Å². The lowest BCUT2D eigenvalue weighted by atomic mass is 10.2. The van der Waals surface area contributed by atoms with Gasteiger partial charge < -0.3 is 5.32 Å². The van der Waals surface area contributed by atoms with Crippen LogP contribution < -0.4 is 5.32 Å². The molecule has 0 aliphatic rings. The van der Waals surface area contributed by atoms with Gasteiger partial charge in [0.15, 0.2) is 0 Å². The van der Waals surface area contributed by atoms with E-state index in [0.717, 1.165) is 35.7 Å². The number of H-pyrrole nitrogens is 1. The molecular weight excluding hydrogens is 202 g/mol. The van der Waals surface area contributed by atoms with Crippen molar-refractivity contribution in [1.29, 1.82) is 0 Å². The maximum absolute atomic E-state index is 4.21. The van der Waals surface area contributed by atoms with Gasteiger partial charge in [0.1, 0.15) is 12.1 Å². The maximum Gasteiger partial charge on any atom is 0.132 e. The Balaban J connectivity index is 1.92. The van der Waals surface area contributed by atoms with Crippen LogP contribution in [0.5, 0.6) is 0 Å². The topological polar surface area (TPSA) is 66.5 Å². The van der Waals surface area contributed by atoms with Gasteiger partial charge in [0.2, 0.25) is 0 Å². The van der Waals surface area contributed by atoms with Gasteiger partial charge >= 0.3 is 0 Å². The molecule has 0 fully saturated rings. The number of rotatable bonds is 4. The summed E-state index contributed by atoms with van der Waals surface area (Å²) in [6, 6.07) is 1.97. The molecule has 5 nitrogen and oxygen atoms in total. The predicted octanol–water partition coefficient (Wildman–Crippen LogP) is 1.47. The van der Waals surface area contributed by atoms with E-state index in [1.807, 2.05) is 19.9 Å². The van der Waals surface area contributed by atoms with Crippen LogP contribution in [-0.4, -0.2) is 26.7 Å². The molecule has 5 heteroatoms. The van der Waals surface area contributed by atoms with E-state index in [0.29, 0.717) is 0 Å². The summed E-state index contributed by atoms with van der Waals surface area (Å²) in [6.45, 7) is 4.84. The molecule has 84 valence electrons. The van der Waals surface area contributed by atoms with Crippen molar-refractivity contribution in [3.8, 4) is 0 Å². The Morgan fingerprint density at radius 1 is 1.31 bits per heavy atom. The van der Waals surface area contributed by atoms with Gasteiger partial charge in [-0.25, -0.2) is 9.97 Å². The first kappa shape index (κ1) is 10.6. The van der Waals surface area contributed by atoms with Crippen molar-refractivity contribution in [3.63, 3.8) is 0 Å². The van der Waals surface area contributed by atoms with Gasteiger partial charge in [-0.3, -0.25) is 5.10 Å². The van der Waals surface area contributed by atoms with E-state index in [9.17, 15) is 0 Å². The number of anilines is 1. The van der Waals surface area contributed by atoms with Crippen molar-refractivity contribution in [2.75, 3.05) is 11.9 Å². The normalized spacial score (nSPS) is 10.4. The van der Waals surface area contributed by atoms with Crippen LogP contribution in [0.2, 0.25) is 0 Å². The molecule has 0 aromatic carbocycles. The first-order valence-corrected chi connectivity index (χ1v) is 5.27. The minimum atomic E-state index is 0.833. The van der Waals surface area contributed by atoms with Crippen LogP contribution in [0.1, 0.15) is 17.0 Å². The van der Waals surface area contributed by atoms with Crippen LogP contribution in [0.4, 0.5) is 5.82 Å². The molecule has 2 N–H and O–H groups in total. The van der Waals surface area contributed by atoms with Crippen LogP contribution in [0.25, 0.3) is 0 Å². The Morgan fingerprint density at radius 3 is 2.94 bits per heavy atom. The average Bonchev–Trinajstić information content (AvgIpc) is 2.77. The molecular formula is C11H15N5. The molecule has 0 amide bonds. The third-order valence-corrected chi connectivity index (χ3v) is 2.58. The number of hydrogen-bond donors (Lipinski definition) is 2. The average molecular weight is 217 g/mol. The molecule has 0 spiro atoms. The third-order valence-electron chi connectivity index (χ3n) is 2.58. The highest BCUT2D eigenvalue weighted by Crippen LogP contribution is 2.12.